The van der Waals surface area contributed by atoms with Crippen molar-refractivity contribution < 1.29 is 5.11 Å². The molecule has 3 N–H and O–H groups in total. The number of aryl methyl sites for hydroxylation is 2. The van der Waals surface area contributed by atoms with Crippen molar-refractivity contribution in [1.82, 2.24) is 15.0 Å². The molecule has 0 saturated carbocycles. The molecule has 28 heavy (non-hydrogen) atoms. The van der Waals surface area contributed by atoms with Gasteiger partial charge in [-0.25, -0.2) is 9.97 Å². The first-order chi connectivity index (χ1) is 13.6. The standard InChI is InChI=1S/C22H22N4OS/c1-14-3-4-20(27)18(9-14)19-10-16(22-15(2)6-8-28-22)11-21(26-19)24-7-5-17-12-23-13-25-17/h3-4,6,8-13,27H,5,7H2,1-2H3,(H,23,25)(H,24,26). The van der Waals surface area contributed by atoms with Gasteiger partial charge in [-0.15, -0.1) is 11.3 Å². The highest BCUT2D eigenvalue weighted by molar-refractivity contribution is 7.13. The number of H-pyrrole nitrogens is 1. The van der Waals surface area contributed by atoms with Crippen LogP contribution in [0, 0.1) is 13.8 Å². The number of anilines is 1. The average Bonchev–Trinajstić information content (AvgIpc) is 3.35. The lowest BCUT2D eigenvalue weighted by molar-refractivity contribution is 0.477. The van der Waals surface area contributed by atoms with Crippen molar-refractivity contribution in [2.75, 3.05) is 11.9 Å². The Morgan fingerprint density at radius 3 is 2.79 bits per heavy atom. The second-order valence-electron chi connectivity index (χ2n) is 6.83. The van der Waals surface area contributed by atoms with Gasteiger partial charge in [-0.2, -0.15) is 0 Å². The van der Waals surface area contributed by atoms with Crippen LogP contribution in [0.2, 0.25) is 0 Å². The highest BCUT2D eigenvalue weighted by atomic mass is 32.1. The van der Waals surface area contributed by atoms with E-state index in [4.69, 9.17) is 4.98 Å². The fourth-order valence-electron chi connectivity index (χ4n) is 3.16. The van der Waals surface area contributed by atoms with Crippen molar-refractivity contribution >= 4 is 17.2 Å². The summed E-state index contributed by atoms with van der Waals surface area (Å²) < 4.78 is 0. The smallest absolute Gasteiger partial charge is 0.127 e. The second-order valence-corrected chi connectivity index (χ2v) is 7.75. The second kappa shape index (κ2) is 7.86. The summed E-state index contributed by atoms with van der Waals surface area (Å²) in [6.07, 6.45) is 4.35. The van der Waals surface area contributed by atoms with E-state index in [1.165, 1.54) is 10.4 Å². The Morgan fingerprint density at radius 2 is 2.04 bits per heavy atom. The molecule has 1 aromatic carbocycles. The highest BCUT2D eigenvalue weighted by Crippen LogP contribution is 2.36. The molecule has 4 aromatic rings. The number of pyridine rings is 1. The Balaban J connectivity index is 1.70. The van der Waals surface area contributed by atoms with Crippen LogP contribution in [-0.2, 0) is 6.42 Å². The average molecular weight is 391 g/mol. The molecule has 0 amide bonds. The maximum absolute atomic E-state index is 10.4. The van der Waals surface area contributed by atoms with E-state index in [2.05, 4.69) is 39.7 Å². The summed E-state index contributed by atoms with van der Waals surface area (Å²) in [5.74, 6) is 1.03. The zero-order valence-corrected chi connectivity index (χ0v) is 16.7. The number of phenols is 1. The van der Waals surface area contributed by atoms with Crippen LogP contribution in [0.5, 0.6) is 5.75 Å². The van der Waals surface area contributed by atoms with Crippen molar-refractivity contribution in [3.63, 3.8) is 0 Å². The molecule has 5 nitrogen and oxygen atoms in total. The highest BCUT2D eigenvalue weighted by Gasteiger charge is 2.12. The summed E-state index contributed by atoms with van der Waals surface area (Å²) >= 11 is 1.71. The van der Waals surface area contributed by atoms with Crippen LogP contribution in [0.15, 0.2) is 54.3 Å². The fourth-order valence-corrected chi connectivity index (χ4v) is 4.08. The lowest BCUT2D eigenvalue weighted by Gasteiger charge is -2.12. The largest absolute Gasteiger partial charge is 0.507 e. The third kappa shape index (κ3) is 3.92. The third-order valence-corrected chi connectivity index (χ3v) is 5.70. The number of hydrogen-bond acceptors (Lipinski definition) is 5. The van der Waals surface area contributed by atoms with Gasteiger partial charge in [0.2, 0.25) is 0 Å². The van der Waals surface area contributed by atoms with Gasteiger partial charge in [-0.05, 0) is 60.7 Å². The lowest BCUT2D eigenvalue weighted by atomic mass is 10.0. The Kier molecular flexibility index (Phi) is 5.12. The fraction of sp³-hybridized carbons (Fsp3) is 0.182. The van der Waals surface area contributed by atoms with E-state index < -0.39 is 0 Å². The van der Waals surface area contributed by atoms with Gasteiger partial charge in [0, 0.05) is 35.3 Å². The summed E-state index contributed by atoms with van der Waals surface area (Å²) in [4.78, 5) is 13.2. The molecule has 0 aliphatic carbocycles. The van der Waals surface area contributed by atoms with E-state index in [9.17, 15) is 5.11 Å². The number of nitrogens with one attached hydrogen (secondary N) is 2. The Morgan fingerprint density at radius 1 is 1.14 bits per heavy atom. The molecule has 0 atom stereocenters. The molecule has 3 heterocycles. The molecule has 0 fully saturated rings. The van der Waals surface area contributed by atoms with Crippen LogP contribution in [0.3, 0.4) is 0 Å². The van der Waals surface area contributed by atoms with Crippen molar-refractivity contribution in [1.29, 1.82) is 0 Å². The number of hydrogen-bond donors (Lipinski definition) is 3. The number of imidazole rings is 1. The molecule has 0 radical (unpaired) electrons. The Hall–Kier alpha value is -3.12. The molecule has 0 aliphatic rings. The van der Waals surface area contributed by atoms with Crippen molar-refractivity contribution in [3.05, 3.63) is 71.1 Å². The summed E-state index contributed by atoms with van der Waals surface area (Å²) in [6.45, 7) is 4.86. The molecule has 0 aliphatic heterocycles. The third-order valence-electron chi connectivity index (χ3n) is 4.63. The van der Waals surface area contributed by atoms with Crippen LogP contribution in [0.1, 0.15) is 16.8 Å². The topological polar surface area (TPSA) is 73.8 Å². The molecule has 3 aromatic heterocycles. The van der Waals surface area contributed by atoms with Gasteiger partial charge in [-0.1, -0.05) is 11.6 Å². The zero-order chi connectivity index (χ0) is 19.5. The quantitative estimate of drug-likeness (QED) is 0.424. The number of aromatic hydroxyl groups is 1. The van der Waals surface area contributed by atoms with Gasteiger partial charge < -0.3 is 15.4 Å². The van der Waals surface area contributed by atoms with E-state index in [-0.39, 0.29) is 5.75 Å². The Labute approximate surface area is 168 Å². The molecule has 0 saturated heterocycles. The lowest BCUT2D eigenvalue weighted by Crippen LogP contribution is -2.07. The van der Waals surface area contributed by atoms with E-state index >= 15 is 0 Å². The SMILES string of the molecule is Cc1ccc(O)c(-c2cc(-c3sccc3C)cc(NCCc3cnc[nH]3)n2)c1. The maximum Gasteiger partial charge on any atom is 0.127 e. The predicted molar refractivity (Wildman–Crippen MR) is 115 cm³/mol. The number of nitrogens with zero attached hydrogens (tertiary/aromatic N) is 2. The predicted octanol–water partition coefficient (Wildman–Crippen LogP) is 5.18. The summed E-state index contributed by atoms with van der Waals surface area (Å²) in [5, 5.41) is 15.9. The number of thiophene rings is 1. The summed E-state index contributed by atoms with van der Waals surface area (Å²) in [5.41, 5.74) is 6.00. The van der Waals surface area contributed by atoms with E-state index in [1.54, 1.807) is 23.7 Å². The van der Waals surface area contributed by atoms with Gasteiger partial charge >= 0.3 is 0 Å². The summed E-state index contributed by atoms with van der Waals surface area (Å²) in [6, 6.07) is 11.8. The van der Waals surface area contributed by atoms with Gasteiger partial charge in [0.05, 0.1) is 12.0 Å². The first-order valence-corrected chi connectivity index (χ1v) is 10.1. The molecule has 0 unspecified atom stereocenters. The van der Waals surface area contributed by atoms with Crippen molar-refractivity contribution in [2.24, 2.45) is 0 Å². The van der Waals surface area contributed by atoms with E-state index in [0.29, 0.717) is 0 Å². The number of phenolic OH excluding ortho intramolecular Hbond substituents is 1. The first kappa shape index (κ1) is 18.3. The number of benzene rings is 1. The van der Waals surface area contributed by atoms with Crippen molar-refractivity contribution in [2.45, 2.75) is 20.3 Å². The monoisotopic (exact) mass is 390 g/mol. The molecule has 0 bridgehead atoms. The van der Waals surface area contributed by atoms with Crippen LogP contribution >= 0.6 is 11.3 Å². The summed E-state index contributed by atoms with van der Waals surface area (Å²) in [7, 11) is 0. The van der Waals surface area contributed by atoms with E-state index in [1.807, 2.05) is 31.3 Å². The normalized spacial score (nSPS) is 10.9. The number of rotatable bonds is 6. The van der Waals surface area contributed by atoms with Crippen LogP contribution < -0.4 is 5.32 Å². The zero-order valence-electron chi connectivity index (χ0n) is 15.9. The molecular formula is C22H22N4OS. The van der Waals surface area contributed by atoms with Gasteiger partial charge in [0.25, 0.3) is 0 Å². The first-order valence-electron chi connectivity index (χ1n) is 9.18. The molecule has 142 valence electrons. The molecule has 6 heteroatoms. The molecule has 4 rings (SSSR count). The van der Waals surface area contributed by atoms with Gasteiger partial charge in [0.15, 0.2) is 0 Å². The van der Waals surface area contributed by atoms with Crippen LogP contribution in [-0.4, -0.2) is 26.6 Å². The number of aromatic amines is 1. The van der Waals surface area contributed by atoms with E-state index in [0.717, 1.165) is 46.9 Å². The van der Waals surface area contributed by atoms with Gasteiger partial charge in [-0.3, -0.25) is 0 Å². The Bertz CT molecular complexity index is 1090. The minimum absolute atomic E-state index is 0.238. The van der Waals surface area contributed by atoms with Gasteiger partial charge in [0.1, 0.15) is 11.6 Å². The van der Waals surface area contributed by atoms with Crippen LogP contribution in [0.4, 0.5) is 5.82 Å². The van der Waals surface area contributed by atoms with Crippen molar-refractivity contribution in [3.8, 4) is 27.4 Å². The minimum Gasteiger partial charge on any atom is -0.507 e. The molecular weight excluding hydrogens is 368 g/mol. The van der Waals surface area contributed by atoms with Crippen LogP contribution in [0.25, 0.3) is 21.7 Å². The molecule has 0 spiro atoms. The minimum atomic E-state index is 0.238. The maximum atomic E-state index is 10.4. The number of aromatic nitrogens is 3.